The Labute approximate surface area is 131 Å². The van der Waals surface area contributed by atoms with E-state index in [1.165, 1.54) is 0 Å². The molecule has 97 valence electrons. The van der Waals surface area contributed by atoms with E-state index in [0.717, 1.165) is 0 Å². The summed E-state index contributed by atoms with van der Waals surface area (Å²) in [6.45, 7) is 9.00. The third-order valence-corrected chi connectivity index (χ3v) is 1.74. The van der Waals surface area contributed by atoms with Gasteiger partial charge in [0.25, 0.3) is 0 Å². The van der Waals surface area contributed by atoms with Gasteiger partial charge in [-0.05, 0) is 37.7 Å². The monoisotopic (exact) mass is 303 g/mol. The first-order chi connectivity index (χ1) is 9.38. The van der Waals surface area contributed by atoms with Crippen molar-refractivity contribution in [3.8, 4) is 12.0 Å². The molecule has 0 amide bonds. The zero-order valence-corrected chi connectivity index (χ0v) is 11.4. The Morgan fingerprint density at radius 3 is 1.40 bits per heavy atom. The van der Waals surface area contributed by atoms with Gasteiger partial charge in [0.05, 0.1) is 6.07 Å². The Kier molecular flexibility index (Phi) is 22.9. The molecule has 0 unspecified atom stereocenters. The normalized spacial score (nSPS) is 10.1. The second-order valence-electron chi connectivity index (χ2n) is 2.74. The molecule has 3 nitrogen and oxygen atoms in total. The number of nitrogens with zero attached hydrogens (tertiary/aromatic N) is 1. The average molecular weight is 303 g/mol. The molecule has 0 heterocycles. The molecular formula is C16H9FeNO2+. The van der Waals surface area contributed by atoms with Crippen LogP contribution in [-0.2, 0) is 26.4 Å². The second-order valence-corrected chi connectivity index (χ2v) is 2.74. The number of benzene rings is 1. The Hall–Kier alpha value is -1.73. The average Bonchev–Trinajstić information content (AvgIpc) is 3.11. The van der Waals surface area contributed by atoms with Crippen molar-refractivity contribution >= 4 is 0 Å². The van der Waals surface area contributed by atoms with Gasteiger partial charge in [-0.15, -0.1) is 11.6 Å². The summed E-state index contributed by atoms with van der Waals surface area (Å²) in [5, 5.41) is 8.48. The molecule has 1 aromatic rings. The summed E-state index contributed by atoms with van der Waals surface area (Å²) in [5.74, 6) is 2.17. The molecule has 5 radical (unpaired) electrons. The maximum absolute atomic E-state index is 8.48. The Morgan fingerprint density at radius 1 is 0.800 bits per heavy atom. The number of nitriles is 1. The van der Waals surface area contributed by atoms with Crippen LogP contribution in [0.15, 0.2) is 24.3 Å². The summed E-state index contributed by atoms with van der Waals surface area (Å²) in [6.07, 6.45) is 16.8. The summed E-state index contributed by atoms with van der Waals surface area (Å²) in [7, 11) is 0. The largest absolute Gasteiger partial charge is 2.00 e. The van der Waals surface area contributed by atoms with E-state index in [2.05, 4.69) is 19.2 Å². The van der Waals surface area contributed by atoms with Crippen LogP contribution in [-0.4, -0.2) is 0 Å². The topological polar surface area (TPSA) is 63.6 Å². The zero-order valence-electron chi connectivity index (χ0n) is 10.3. The van der Waals surface area contributed by atoms with Crippen LogP contribution in [0.4, 0.5) is 0 Å². The van der Waals surface area contributed by atoms with Gasteiger partial charge in [0.2, 0.25) is 0 Å². The summed E-state index contributed by atoms with van der Waals surface area (Å²) in [4.78, 5) is 0. The minimum absolute atomic E-state index is 0. The molecule has 20 heavy (non-hydrogen) atoms. The van der Waals surface area contributed by atoms with E-state index < -0.39 is 0 Å². The van der Waals surface area contributed by atoms with E-state index in [1.54, 1.807) is 24.3 Å². The van der Waals surface area contributed by atoms with Gasteiger partial charge in [0, 0.05) is 0 Å². The molecule has 1 saturated carbocycles. The minimum atomic E-state index is 0. The Morgan fingerprint density at radius 2 is 1.15 bits per heavy atom. The van der Waals surface area contributed by atoms with Gasteiger partial charge in [-0.3, -0.25) is 5.92 Å². The van der Waals surface area contributed by atoms with Gasteiger partial charge in [-0.2, -0.15) is 5.26 Å². The molecule has 4 heteroatoms. The molecule has 0 spiro atoms. The first kappa shape index (κ1) is 23.4. The van der Waals surface area contributed by atoms with E-state index in [-0.39, 0.29) is 17.1 Å². The molecule has 1 fully saturated rings. The Bertz CT molecular complexity index is 416. The van der Waals surface area contributed by atoms with Crippen molar-refractivity contribution < 1.29 is 26.4 Å². The van der Waals surface area contributed by atoms with Crippen LogP contribution in [0.1, 0.15) is 11.1 Å². The smallest absolute Gasteiger partial charge is 0.0312 e. The van der Waals surface area contributed by atoms with E-state index in [1.807, 2.05) is 38.2 Å². The summed E-state index contributed by atoms with van der Waals surface area (Å²) in [6, 6.07) is 8.85. The third-order valence-electron chi connectivity index (χ3n) is 1.74. The fourth-order valence-corrected chi connectivity index (χ4v) is 1.01. The molecule has 0 N–H and O–H groups in total. The maximum atomic E-state index is 8.48. The van der Waals surface area contributed by atoms with E-state index in [4.69, 9.17) is 21.0 Å². The van der Waals surface area contributed by atoms with Gasteiger partial charge in [0.1, 0.15) is 0 Å². The van der Waals surface area contributed by atoms with E-state index >= 15 is 0 Å². The Balaban J connectivity index is -0.000000246. The van der Waals surface area contributed by atoms with Gasteiger partial charge in [-0.25, -0.2) is 0 Å². The van der Waals surface area contributed by atoms with Crippen molar-refractivity contribution in [3.05, 3.63) is 87.2 Å². The number of hydrogen-bond donors (Lipinski definition) is 0. The van der Waals surface area contributed by atoms with Crippen molar-refractivity contribution in [2.24, 2.45) is 0 Å². The van der Waals surface area contributed by atoms with Crippen LogP contribution in [0.25, 0.3) is 0 Å². The number of rotatable bonds is 0. The van der Waals surface area contributed by atoms with Crippen molar-refractivity contribution in [3.63, 3.8) is 0 Å². The molecule has 0 aliphatic heterocycles. The number of hydrogen-bond acceptors (Lipinski definition) is 1. The van der Waals surface area contributed by atoms with Crippen molar-refractivity contribution in [2.75, 3.05) is 0 Å². The van der Waals surface area contributed by atoms with Crippen molar-refractivity contribution in [1.82, 2.24) is 0 Å². The van der Waals surface area contributed by atoms with Crippen LogP contribution in [0, 0.1) is 69.1 Å². The van der Waals surface area contributed by atoms with Crippen molar-refractivity contribution in [1.29, 1.82) is 5.26 Å². The van der Waals surface area contributed by atoms with Crippen LogP contribution >= 0.6 is 0 Å². The van der Waals surface area contributed by atoms with Crippen LogP contribution < -0.4 is 0 Å². The molecule has 0 bridgehead atoms. The third kappa shape index (κ3) is 11.4. The molecule has 0 atom stereocenters. The van der Waals surface area contributed by atoms with Crippen LogP contribution in [0.2, 0.25) is 0 Å². The zero-order chi connectivity index (χ0) is 14.9. The van der Waals surface area contributed by atoms with Gasteiger partial charge >= 0.3 is 39.7 Å². The maximum Gasteiger partial charge on any atom is 2.00 e. The molecule has 1 aliphatic rings. The van der Waals surface area contributed by atoms with Crippen LogP contribution in [0.5, 0.6) is 0 Å². The predicted octanol–water partition coefficient (Wildman–Crippen LogP) is 2.44. The minimum Gasteiger partial charge on any atom is -0.0312 e. The predicted molar refractivity (Wildman–Crippen MR) is 66.7 cm³/mol. The molecule has 0 aromatic heterocycles. The molecule has 1 aromatic carbocycles. The molecule has 2 rings (SSSR count). The molecule has 0 saturated heterocycles. The standard InChI is InChI=1S/C9H4N.C5H5.2CO.Fe/c1-2-8-5-3-4-6-9(8)7-10;1-2-4-5-3-1;2*1-2;/h3-6H;1-5H;;;/q-1;;;;+2. The van der Waals surface area contributed by atoms with Gasteiger partial charge < -0.3 is 6.42 Å². The van der Waals surface area contributed by atoms with Gasteiger partial charge in [0.15, 0.2) is 0 Å². The first-order valence-electron chi connectivity index (χ1n) is 4.88. The fraction of sp³-hybridized carbons (Fsp3) is 0. The summed E-state index contributed by atoms with van der Waals surface area (Å²) in [5.41, 5.74) is 1.04. The van der Waals surface area contributed by atoms with E-state index in [9.17, 15) is 0 Å². The van der Waals surface area contributed by atoms with Crippen LogP contribution in [0.3, 0.4) is 0 Å². The van der Waals surface area contributed by atoms with Gasteiger partial charge in [-0.1, -0.05) is 18.2 Å². The molecular weight excluding hydrogens is 294 g/mol. The van der Waals surface area contributed by atoms with Crippen molar-refractivity contribution in [2.45, 2.75) is 0 Å². The quantitative estimate of drug-likeness (QED) is 0.314. The second kappa shape index (κ2) is 19.6. The summed E-state index contributed by atoms with van der Waals surface area (Å²) >= 11 is 0. The SMILES string of the molecule is [C-]#Cc1ccccc1C#N.[C-]#[O+].[C-]#[O+].[CH]1[CH][CH][CH][CH]1.[Fe+2]. The molecule has 1 aliphatic carbocycles. The van der Waals surface area contributed by atoms with E-state index in [0.29, 0.717) is 11.1 Å². The fourth-order valence-electron chi connectivity index (χ4n) is 1.01. The first-order valence-corrected chi connectivity index (χ1v) is 4.88. The summed E-state index contributed by atoms with van der Waals surface area (Å²) < 4.78 is 15.0.